The number of hydrogen-bond donors (Lipinski definition) is 1. The van der Waals surface area contributed by atoms with E-state index in [9.17, 15) is 4.79 Å². The molecular formula is C13H13NO2. The minimum atomic E-state index is -0.847. The third-order valence-corrected chi connectivity index (χ3v) is 2.63. The van der Waals surface area contributed by atoms with Crippen LogP contribution in [0, 0.1) is 13.8 Å². The number of aromatic nitrogens is 1. The lowest BCUT2D eigenvalue weighted by Gasteiger charge is -2.06. The fourth-order valence-electron chi connectivity index (χ4n) is 1.87. The van der Waals surface area contributed by atoms with Crippen LogP contribution in [0.2, 0.25) is 0 Å². The van der Waals surface area contributed by atoms with Gasteiger partial charge in [0.25, 0.3) is 0 Å². The topological polar surface area (TPSA) is 50.2 Å². The van der Waals surface area contributed by atoms with Gasteiger partial charge in [0, 0.05) is 5.39 Å². The largest absolute Gasteiger partial charge is 0.481 e. The quantitative estimate of drug-likeness (QED) is 0.837. The average Bonchev–Trinajstić information content (AvgIpc) is 2.19. The van der Waals surface area contributed by atoms with Crippen molar-refractivity contribution in [2.75, 3.05) is 0 Å². The Morgan fingerprint density at radius 1 is 1.31 bits per heavy atom. The minimum absolute atomic E-state index is 0.0227. The molecule has 16 heavy (non-hydrogen) atoms. The Labute approximate surface area is 93.7 Å². The third kappa shape index (κ3) is 1.89. The van der Waals surface area contributed by atoms with Crippen molar-refractivity contribution < 1.29 is 9.90 Å². The maximum atomic E-state index is 10.7. The molecule has 0 spiro atoms. The number of fused-ring (bicyclic) bond motifs is 1. The first-order chi connectivity index (χ1) is 7.58. The Bertz CT molecular complexity index is 561. The number of para-hydroxylation sites is 1. The van der Waals surface area contributed by atoms with Crippen LogP contribution in [0.1, 0.15) is 16.8 Å². The first-order valence-electron chi connectivity index (χ1n) is 5.15. The molecule has 2 aromatic rings. The Morgan fingerprint density at radius 3 is 2.75 bits per heavy atom. The Morgan fingerprint density at radius 2 is 2.06 bits per heavy atom. The monoisotopic (exact) mass is 215 g/mol. The number of hydrogen-bond acceptors (Lipinski definition) is 2. The van der Waals surface area contributed by atoms with E-state index in [4.69, 9.17) is 5.11 Å². The van der Waals surface area contributed by atoms with Crippen molar-refractivity contribution in [1.82, 2.24) is 4.98 Å². The number of aryl methyl sites for hydroxylation is 2. The second-order valence-corrected chi connectivity index (χ2v) is 3.97. The molecule has 1 aromatic carbocycles. The summed E-state index contributed by atoms with van der Waals surface area (Å²) in [5.74, 6) is -0.847. The Hall–Kier alpha value is -1.90. The zero-order valence-electron chi connectivity index (χ0n) is 9.32. The number of aliphatic carboxylic acids is 1. The number of carbonyl (C=O) groups is 1. The van der Waals surface area contributed by atoms with Crippen LogP contribution in [0.3, 0.4) is 0 Å². The van der Waals surface area contributed by atoms with Gasteiger partial charge in [-0.15, -0.1) is 0 Å². The normalized spacial score (nSPS) is 10.6. The number of rotatable bonds is 2. The molecule has 0 amide bonds. The molecule has 1 heterocycles. The van der Waals surface area contributed by atoms with Crippen LogP contribution in [-0.2, 0) is 11.2 Å². The lowest BCUT2D eigenvalue weighted by Crippen LogP contribution is -2.03. The van der Waals surface area contributed by atoms with E-state index in [2.05, 4.69) is 4.98 Å². The van der Waals surface area contributed by atoms with E-state index in [0.29, 0.717) is 5.69 Å². The maximum Gasteiger partial charge on any atom is 0.309 e. The second kappa shape index (κ2) is 3.93. The highest BCUT2D eigenvalue weighted by Crippen LogP contribution is 2.20. The molecule has 82 valence electrons. The number of pyridine rings is 1. The van der Waals surface area contributed by atoms with E-state index in [1.807, 2.05) is 38.1 Å². The van der Waals surface area contributed by atoms with Gasteiger partial charge in [-0.25, -0.2) is 0 Å². The first kappa shape index (κ1) is 10.6. The molecule has 3 nitrogen and oxygen atoms in total. The van der Waals surface area contributed by atoms with Crippen molar-refractivity contribution in [1.29, 1.82) is 0 Å². The molecule has 1 aromatic heterocycles. The molecule has 0 aliphatic heterocycles. The highest BCUT2D eigenvalue weighted by molar-refractivity contribution is 5.85. The molecule has 0 unspecified atom stereocenters. The lowest BCUT2D eigenvalue weighted by molar-refractivity contribution is -0.136. The summed E-state index contributed by atoms with van der Waals surface area (Å²) in [7, 11) is 0. The highest BCUT2D eigenvalue weighted by Gasteiger charge is 2.07. The summed E-state index contributed by atoms with van der Waals surface area (Å²) in [6, 6.07) is 7.83. The van der Waals surface area contributed by atoms with E-state index in [1.54, 1.807) is 0 Å². The van der Waals surface area contributed by atoms with Gasteiger partial charge in [-0.3, -0.25) is 9.78 Å². The fourth-order valence-corrected chi connectivity index (χ4v) is 1.87. The van der Waals surface area contributed by atoms with Crippen LogP contribution in [0.5, 0.6) is 0 Å². The van der Waals surface area contributed by atoms with Gasteiger partial charge in [-0.1, -0.05) is 18.2 Å². The summed E-state index contributed by atoms with van der Waals surface area (Å²) >= 11 is 0. The molecule has 0 aliphatic rings. The molecular weight excluding hydrogens is 202 g/mol. The molecule has 0 saturated carbocycles. The van der Waals surface area contributed by atoms with Gasteiger partial charge in [0.1, 0.15) is 0 Å². The number of benzene rings is 1. The van der Waals surface area contributed by atoms with Gasteiger partial charge < -0.3 is 5.11 Å². The summed E-state index contributed by atoms with van der Waals surface area (Å²) in [5.41, 5.74) is 3.67. The fraction of sp³-hybridized carbons (Fsp3) is 0.231. The second-order valence-electron chi connectivity index (χ2n) is 3.97. The van der Waals surface area contributed by atoms with Crippen molar-refractivity contribution >= 4 is 16.9 Å². The Kier molecular flexibility index (Phi) is 2.60. The van der Waals surface area contributed by atoms with Crippen molar-refractivity contribution in [3.8, 4) is 0 Å². The first-order valence-corrected chi connectivity index (χ1v) is 5.15. The van der Waals surface area contributed by atoms with Crippen LogP contribution in [-0.4, -0.2) is 16.1 Å². The summed E-state index contributed by atoms with van der Waals surface area (Å²) in [5, 5.41) is 9.85. The molecule has 0 atom stereocenters. The minimum Gasteiger partial charge on any atom is -0.481 e. The molecule has 0 saturated heterocycles. The summed E-state index contributed by atoms with van der Waals surface area (Å²) in [6.07, 6.45) is -0.0227. The molecule has 0 aliphatic carbocycles. The van der Waals surface area contributed by atoms with E-state index >= 15 is 0 Å². The standard InChI is InChI=1S/C13H13NO2/c1-8-4-3-5-11-9(2)6-10(7-12(15)16)14-13(8)11/h3-6H,7H2,1-2H3,(H,15,16). The SMILES string of the molecule is Cc1cc(CC(=O)O)nc2c(C)cccc12. The van der Waals surface area contributed by atoms with Crippen molar-refractivity contribution in [3.63, 3.8) is 0 Å². The van der Waals surface area contributed by atoms with Crippen molar-refractivity contribution in [2.45, 2.75) is 20.3 Å². The molecule has 1 N–H and O–H groups in total. The highest BCUT2D eigenvalue weighted by atomic mass is 16.4. The van der Waals surface area contributed by atoms with E-state index in [-0.39, 0.29) is 6.42 Å². The Balaban J connectivity index is 2.65. The van der Waals surface area contributed by atoms with Gasteiger partial charge in [0.05, 0.1) is 17.6 Å². The average molecular weight is 215 g/mol. The molecule has 2 rings (SSSR count). The number of carboxylic acid groups (broad SMARTS) is 1. The predicted molar refractivity (Wildman–Crippen MR) is 62.6 cm³/mol. The van der Waals surface area contributed by atoms with Crippen LogP contribution >= 0.6 is 0 Å². The van der Waals surface area contributed by atoms with E-state index < -0.39 is 5.97 Å². The zero-order valence-corrected chi connectivity index (χ0v) is 9.32. The summed E-state index contributed by atoms with van der Waals surface area (Å²) < 4.78 is 0. The van der Waals surface area contributed by atoms with Crippen LogP contribution in [0.15, 0.2) is 24.3 Å². The lowest BCUT2D eigenvalue weighted by atomic mass is 10.0. The van der Waals surface area contributed by atoms with Gasteiger partial charge in [0.2, 0.25) is 0 Å². The van der Waals surface area contributed by atoms with E-state index in [0.717, 1.165) is 22.0 Å². The van der Waals surface area contributed by atoms with Gasteiger partial charge in [-0.05, 0) is 31.0 Å². The van der Waals surface area contributed by atoms with Crippen molar-refractivity contribution in [2.24, 2.45) is 0 Å². The zero-order chi connectivity index (χ0) is 11.7. The van der Waals surface area contributed by atoms with Crippen LogP contribution in [0.4, 0.5) is 0 Å². The summed E-state index contributed by atoms with van der Waals surface area (Å²) in [6.45, 7) is 3.97. The predicted octanol–water partition coefficient (Wildman–Crippen LogP) is 2.48. The maximum absolute atomic E-state index is 10.7. The molecule has 0 fully saturated rings. The van der Waals surface area contributed by atoms with Crippen LogP contribution < -0.4 is 0 Å². The molecule has 0 bridgehead atoms. The summed E-state index contributed by atoms with van der Waals surface area (Å²) in [4.78, 5) is 15.1. The van der Waals surface area contributed by atoms with Gasteiger partial charge in [0.15, 0.2) is 0 Å². The smallest absolute Gasteiger partial charge is 0.309 e. The number of nitrogens with zero attached hydrogens (tertiary/aromatic N) is 1. The molecule has 0 radical (unpaired) electrons. The van der Waals surface area contributed by atoms with Gasteiger partial charge >= 0.3 is 5.97 Å². The van der Waals surface area contributed by atoms with Gasteiger partial charge in [-0.2, -0.15) is 0 Å². The van der Waals surface area contributed by atoms with E-state index in [1.165, 1.54) is 0 Å². The van der Waals surface area contributed by atoms with Crippen LogP contribution in [0.25, 0.3) is 10.9 Å². The third-order valence-electron chi connectivity index (χ3n) is 2.63. The van der Waals surface area contributed by atoms with Crippen molar-refractivity contribution in [3.05, 3.63) is 41.1 Å². The number of carboxylic acids is 1. The molecule has 3 heteroatoms.